The lowest BCUT2D eigenvalue weighted by atomic mass is 9.81. The fraction of sp³-hybridized carbons (Fsp3) is 0.625. The molecule has 20 heavy (non-hydrogen) atoms. The maximum Gasteiger partial charge on any atom is 0.159 e. The third-order valence-corrected chi connectivity index (χ3v) is 4.73. The molecule has 0 aromatic heterocycles. The van der Waals surface area contributed by atoms with E-state index in [2.05, 4.69) is 4.90 Å². The quantitative estimate of drug-likeness (QED) is 0.891. The van der Waals surface area contributed by atoms with Gasteiger partial charge in [0.25, 0.3) is 0 Å². The van der Waals surface area contributed by atoms with E-state index in [1.807, 2.05) is 13.8 Å². The Morgan fingerprint density at radius 2 is 1.75 bits per heavy atom. The van der Waals surface area contributed by atoms with E-state index in [-0.39, 0.29) is 5.54 Å². The van der Waals surface area contributed by atoms with Gasteiger partial charge in [0.1, 0.15) is 0 Å². The van der Waals surface area contributed by atoms with Gasteiger partial charge in [-0.05, 0) is 56.5 Å². The van der Waals surface area contributed by atoms with Crippen molar-refractivity contribution in [2.24, 2.45) is 0 Å². The molecule has 1 unspecified atom stereocenters. The van der Waals surface area contributed by atoms with Crippen molar-refractivity contribution in [3.63, 3.8) is 0 Å². The second-order valence-corrected chi connectivity index (χ2v) is 5.58. The predicted molar refractivity (Wildman–Crippen MR) is 75.4 cm³/mol. The van der Waals surface area contributed by atoms with Gasteiger partial charge in [-0.25, -0.2) is 8.78 Å². The Bertz CT molecular complexity index is 454. The summed E-state index contributed by atoms with van der Waals surface area (Å²) in [7, 11) is 0. The van der Waals surface area contributed by atoms with Crippen molar-refractivity contribution >= 4 is 0 Å². The summed E-state index contributed by atoms with van der Waals surface area (Å²) in [5, 5.41) is 10.8. The third-order valence-electron chi connectivity index (χ3n) is 4.73. The van der Waals surface area contributed by atoms with Gasteiger partial charge in [-0.2, -0.15) is 0 Å². The van der Waals surface area contributed by atoms with E-state index in [1.54, 1.807) is 0 Å². The highest BCUT2D eigenvalue weighted by atomic mass is 19.2. The van der Waals surface area contributed by atoms with Gasteiger partial charge < -0.3 is 5.11 Å². The molecule has 1 aromatic carbocycles. The molecule has 1 N–H and O–H groups in total. The molecule has 0 radical (unpaired) electrons. The van der Waals surface area contributed by atoms with Gasteiger partial charge in [0.15, 0.2) is 11.6 Å². The van der Waals surface area contributed by atoms with Gasteiger partial charge in [0.05, 0.1) is 11.6 Å². The largest absolute Gasteiger partial charge is 0.386 e. The minimum absolute atomic E-state index is 0.388. The van der Waals surface area contributed by atoms with Crippen LogP contribution < -0.4 is 0 Å². The van der Waals surface area contributed by atoms with Crippen LogP contribution in [0, 0.1) is 11.6 Å². The summed E-state index contributed by atoms with van der Waals surface area (Å²) < 4.78 is 26.5. The fourth-order valence-electron chi connectivity index (χ4n) is 3.41. The number of aliphatic hydroxyl groups is 1. The summed E-state index contributed by atoms with van der Waals surface area (Å²) in [6.07, 6.45) is 3.02. The van der Waals surface area contributed by atoms with E-state index in [0.29, 0.717) is 5.56 Å². The Hall–Kier alpha value is -1.00. The zero-order valence-electron chi connectivity index (χ0n) is 12.2. The lowest BCUT2D eigenvalue weighted by Gasteiger charge is -2.44. The number of aliphatic hydroxyl groups excluding tert-OH is 1. The zero-order chi connectivity index (χ0) is 14.8. The van der Waals surface area contributed by atoms with Crippen molar-refractivity contribution in [1.82, 2.24) is 4.90 Å². The van der Waals surface area contributed by atoms with Crippen molar-refractivity contribution in [3.05, 3.63) is 35.4 Å². The SMILES string of the molecule is CCC(CC)(C(O)c1ccc(F)c(F)c1)N1CCCC1. The predicted octanol–water partition coefficient (Wildman–Crippen LogP) is 3.65. The number of halogens is 2. The van der Waals surface area contributed by atoms with Gasteiger partial charge in [0.2, 0.25) is 0 Å². The first-order valence-corrected chi connectivity index (χ1v) is 7.43. The summed E-state index contributed by atoms with van der Waals surface area (Å²) in [5.74, 6) is -1.77. The van der Waals surface area contributed by atoms with E-state index in [9.17, 15) is 13.9 Å². The third kappa shape index (κ3) is 2.59. The summed E-state index contributed by atoms with van der Waals surface area (Å²) in [5.41, 5.74) is 0.0697. The smallest absolute Gasteiger partial charge is 0.159 e. The molecule has 1 aliphatic rings. The molecule has 2 rings (SSSR count). The minimum Gasteiger partial charge on any atom is -0.386 e. The monoisotopic (exact) mass is 283 g/mol. The number of hydrogen-bond donors (Lipinski definition) is 1. The molecular weight excluding hydrogens is 260 g/mol. The molecule has 1 saturated heterocycles. The number of benzene rings is 1. The van der Waals surface area contributed by atoms with Gasteiger partial charge in [0, 0.05) is 0 Å². The van der Waals surface area contributed by atoms with E-state index in [4.69, 9.17) is 0 Å². The second kappa shape index (κ2) is 6.19. The Labute approximate surface area is 119 Å². The highest BCUT2D eigenvalue weighted by Crippen LogP contribution is 2.39. The van der Waals surface area contributed by atoms with Crippen LogP contribution in [0.3, 0.4) is 0 Å². The fourth-order valence-corrected chi connectivity index (χ4v) is 3.41. The number of hydrogen-bond acceptors (Lipinski definition) is 2. The molecule has 0 aliphatic carbocycles. The van der Waals surface area contributed by atoms with Crippen LogP contribution in [0.5, 0.6) is 0 Å². The topological polar surface area (TPSA) is 23.5 Å². The first-order valence-electron chi connectivity index (χ1n) is 7.43. The van der Waals surface area contributed by atoms with Crippen LogP contribution in [0.2, 0.25) is 0 Å². The van der Waals surface area contributed by atoms with Crippen LogP contribution in [0.1, 0.15) is 51.2 Å². The summed E-state index contributed by atoms with van der Waals surface area (Å²) in [6, 6.07) is 3.70. The first kappa shape index (κ1) is 15.4. The number of nitrogens with zero attached hydrogens (tertiary/aromatic N) is 1. The van der Waals surface area contributed by atoms with Crippen LogP contribution in [0.25, 0.3) is 0 Å². The first-order chi connectivity index (χ1) is 9.55. The van der Waals surface area contributed by atoms with E-state index < -0.39 is 17.7 Å². The van der Waals surface area contributed by atoms with Crippen LogP contribution >= 0.6 is 0 Å². The number of likely N-dealkylation sites (tertiary alicyclic amines) is 1. The average molecular weight is 283 g/mol. The maximum absolute atomic E-state index is 13.4. The molecular formula is C16H23F2NO. The molecule has 1 aliphatic heterocycles. The molecule has 0 spiro atoms. The lowest BCUT2D eigenvalue weighted by molar-refractivity contribution is -0.0296. The van der Waals surface area contributed by atoms with Gasteiger partial charge in [-0.3, -0.25) is 4.90 Å². The molecule has 1 atom stereocenters. The summed E-state index contributed by atoms with van der Waals surface area (Å²) in [4.78, 5) is 2.30. The summed E-state index contributed by atoms with van der Waals surface area (Å²) >= 11 is 0. The van der Waals surface area contributed by atoms with Gasteiger partial charge in [-0.1, -0.05) is 19.9 Å². The Kier molecular flexibility index (Phi) is 4.76. The molecule has 1 aromatic rings. The van der Waals surface area contributed by atoms with Gasteiger partial charge in [-0.15, -0.1) is 0 Å². The standard InChI is InChI=1S/C16H23F2NO/c1-3-16(4-2,19-9-5-6-10-19)15(20)12-7-8-13(17)14(18)11-12/h7-8,11,15,20H,3-6,9-10H2,1-2H3. The van der Waals surface area contributed by atoms with Crippen molar-refractivity contribution in [1.29, 1.82) is 0 Å². The molecule has 0 bridgehead atoms. The van der Waals surface area contributed by atoms with Crippen molar-refractivity contribution in [3.8, 4) is 0 Å². The molecule has 2 nitrogen and oxygen atoms in total. The maximum atomic E-state index is 13.4. The molecule has 4 heteroatoms. The highest BCUT2D eigenvalue weighted by Gasteiger charge is 2.42. The average Bonchev–Trinajstić information content (AvgIpc) is 2.98. The van der Waals surface area contributed by atoms with Crippen LogP contribution in [-0.2, 0) is 0 Å². The molecule has 0 saturated carbocycles. The molecule has 112 valence electrons. The Morgan fingerprint density at radius 1 is 1.15 bits per heavy atom. The van der Waals surface area contributed by atoms with Crippen molar-refractivity contribution in [2.45, 2.75) is 51.2 Å². The number of rotatable bonds is 5. The van der Waals surface area contributed by atoms with Crippen LogP contribution in [-0.4, -0.2) is 28.6 Å². The van der Waals surface area contributed by atoms with Crippen LogP contribution in [0.15, 0.2) is 18.2 Å². The zero-order valence-corrected chi connectivity index (χ0v) is 12.2. The van der Waals surface area contributed by atoms with E-state index >= 15 is 0 Å². The normalized spacial score (nSPS) is 18.4. The highest BCUT2D eigenvalue weighted by molar-refractivity contribution is 5.23. The molecule has 1 heterocycles. The second-order valence-electron chi connectivity index (χ2n) is 5.58. The Morgan fingerprint density at radius 3 is 2.25 bits per heavy atom. The van der Waals surface area contributed by atoms with Crippen molar-refractivity contribution in [2.75, 3.05) is 13.1 Å². The van der Waals surface area contributed by atoms with E-state index in [1.165, 1.54) is 6.07 Å². The minimum atomic E-state index is -0.899. The molecule has 1 fully saturated rings. The van der Waals surface area contributed by atoms with Crippen LogP contribution in [0.4, 0.5) is 8.78 Å². The van der Waals surface area contributed by atoms with Crippen molar-refractivity contribution < 1.29 is 13.9 Å². The van der Waals surface area contributed by atoms with E-state index in [0.717, 1.165) is 50.9 Å². The summed E-state index contributed by atoms with van der Waals surface area (Å²) in [6.45, 7) is 6.01. The molecule has 0 amide bonds. The Balaban J connectivity index is 2.34. The lowest BCUT2D eigenvalue weighted by Crippen LogP contribution is -2.51. The van der Waals surface area contributed by atoms with Gasteiger partial charge >= 0.3 is 0 Å².